The normalized spacial score (nSPS) is 26.0. The number of methoxy groups -OCH3 is 1. The number of benzene rings is 1. The number of hydrogen-bond acceptors (Lipinski definition) is 6. The lowest BCUT2D eigenvalue weighted by atomic mass is 10.1. The van der Waals surface area contributed by atoms with Crippen molar-refractivity contribution in [3.8, 4) is 5.75 Å². The van der Waals surface area contributed by atoms with Crippen molar-refractivity contribution in [3.05, 3.63) is 29.8 Å². The second-order valence-corrected chi connectivity index (χ2v) is 7.24. The van der Waals surface area contributed by atoms with Crippen molar-refractivity contribution in [2.45, 2.75) is 18.8 Å². The maximum absolute atomic E-state index is 12.0. The predicted molar refractivity (Wildman–Crippen MR) is 76.9 cm³/mol. The quantitative estimate of drug-likeness (QED) is 0.831. The van der Waals surface area contributed by atoms with Gasteiger partial charge in [0.15, 0.2) is 9.84 Å². The summed E-state index contributed by atoms with van der Waals surface area (Å²) in [5.41, 5.74) is 0.594. The minimum Gasteiger partial charge on any atom is -0.497 e. The van der Waals surface area contributed by atoms with Crippen molar-refractivity contribution in [3.63, 3.8) is 0 Å². The Morgan fingerprint density at radius 3 is 2.52 bits per heavy atom. The average molecular weight is 316 g/mol. The number of ether oxygens (including phenoxy) is 3. The van der Waals surface area contributed by atoms with E-state index < -0.39 is 21.7 Å². The zero-order valence-electron chi connectivity index (χ0n) is 12.1. The third-order valence-corrected chi connectivity index (χ3v) is 5.14. The lowest BCUT2D eigenvalue weighted by Gasteiger charge is -2.28. The highest BCUT2D eigenvalue weighted by atomic mass is 32.2. The predicted octanol–water partition coefficient (Wildman–Crippen LogP) is 0.690. The molecule has 0 radical (unpaired) electrons. The van der Waals surface area contributed by atoms with Gasteiger partial charge in [0, 0.05) is 11.3 Å². The Hall–Kier alpha value is -1.15. The van der Waals surface area contributed by atoms with Gasteiger partial charge in [-0.25, -0.2) is 8.42 Å². The molecule has 21 heavy (non-hydrogen) atoms. The van der Waals surface area contributed by atoms with Gasteiger partial charge in [-0.2, -0.15) is 0 Å². The lowest BCUT2D eigenvalue weighted by Crippen LogP contribution is -2.37. The van der Waals surface area contributed by atoms with Crippen LogP contribution in [-0.4, -0.2) is 51.5 Å². The molecule has 0 bridgehead atoms. The van der Waals surface area contributed by atoms with E-state index in [1.165, 1.54) is 0 Å². The highest BCUT2D eigenvalue weighted by molar-refractivity contribution is 7.91. The molecule has 1 saturated heterocycles. The van der Waals surface area contributed by atoms with Crippen molar-refractivity contribution < 1.29 is 27.7 Å². The first-order valence-corrected chi connectivity index (χ1v) is 8.54. The molecule has 0 unspecified atom stereocenters. The Morgan fingerprint density at radius 2 is 2.05 bits per heavy atom. The minimum atomic E-state index is -3.32. The van der Waals surface area contributed by atoms with Crippen LogP contribution in [-0.2, 0) is 25.1 Å². The number of sulfone groups is 1. The molecule has 1 aliphatic rings. The monoisotopic (exact) mass is 316 g/mol. The van der Waals surface area contributed by atoms with Crippen molar-refractivity contribution in [1.29, 1.82) is 0 Å². The van der Waals surface area contributed by atoms with Gasteiger partial charge in [0.25, 0.3) is 0 Å². The van der Waals surface area contributed by atoms with Crippen LogP contribution >= 0.6 is 0 Å². The van der Waals surface area contributed by atoms with E-state index in [0.29, 0.717) is 11.3 Å². The summed E-state index contributed by atoms with van der Waals surface area (Å²) < 4.78 is 40.4. The number of aliphatic hydroxyl groups is 1. The van der Waals surface area contributed by atoms with E-state index in [1.807, 2.05) is 0 Å². The fraction of sp³-hybridized carbons (Fsp3) is 0.571. The maximum Gasteiger partial charge on any atom is 0.209 e. The van der Waals surface area contributed by atoms with Crippen molar-refractivity contribution in [2.75, 3.05) is 31.8 Å². The minimum absolute atomic E-state index is 0.00141. The van der Waals surface area contributed by atoms with E-state index >= 15 is 0 Å². The first-order valence-electron chi connectivity index (χ1n) is 6.72. The van der Waals surface area contributed by atoms with E-state index in [9.17, 15) is 13.5 Å². The first-order chi connectivity index (χ1) is 9.94. The second kappa shape index (κ2) is 6.31. The van der Waals surface area contributed by atoms with Crippen LogP contribution in [0, 0.1) is 0 Å². The molecule has 1 N–H and O–H groups in total. The summed E-state index contributed by atoms with van der Waals surface area (Å²) in [7, 11) is -1.77. The summed E-state index contributed by atoms with van der Waals surface area (Å²) in [4.78, 5) is 0. The molecule has 1 heterocycles. The van der Waals surface area contributed by atoms with E-state index in [0.717, 1.165) is 0 Å². The molecular formula is C14H20O6S. The fourth-order valence-corrected chi connectivity index (χ4v) is 3.30. The Bertz CT molecular complexity index is 568. The molecule has 0 aromatic heterocycles. The summed E-state index contributed by atoms with van der Waals surface area (Å²) in [6.45, 7) is 1.52. The standard InChI is InChI=1S/C14H20O6S/c1-3-21(16,17)10-14(19-9-13(8-15)20-14)11-4-6-12(18-2)7-5-11/h4-7,13,15H,3,8-10H2,1-2H3/t13-,14+/m0/s1. The Kier molecular flexibility index (Phi) is 4.88. The second-order valence-electron chi connectivity index (χ2n) is 4.89. The third-order valence-electron chi connectivity index (χ3n) is 3.44. The van der Waals surface area contributed by atoms with Crippen LogP contribution in [0.4, 0.5) is 0 Å². The van der Waals surface area contributed by atoms with Crippen molar-refractivity contribution >= 4 is 9.84 Å². The molecule has 0 amide bonds. The van der Waals surface area contributed by atoms with Gasteiger partial charge in [-0.1, -0.05) is 6.92 Å². The molecular weight excluding hydrogens is 296 g/mol. The highest BCUT2D eigenvalue weighted by Crippen LogP contribution is 2.36. The zero-order valence-corrected chi connectivity index (χ0v) is 12.9. The molecule has 7 heteroatoms. The summed E-state index contributed by atoms with van der Waals surface area (Å²) in [5.74, 6) is -0.987. The molecule has 0 saturated carbocycles. The van der Waals surface area contributed by atoms with Gasteiger partial charge in [-0.3, -0.25) is 0 Å². The first kappa shape index (κ1) is 16.2. The number of rotatable bonds is 6. The molecule has 1 aromatic carbocycles. The molecule has 0 spiro atoms. The van der Waals surface area contributed by atoms with Crippen molar-refractivity contribution in [1.82, 2.24) is 0 Å². The van der Waals surface area contributed by atoms with Crippen molar-refractivity contribution in [2.24, 2.45) is 0 Å². The molecule has 2 rings (SSSR count). The van der Waals surface area contributed by atoms with Gasteiger partial charge in [0.2, 0.25) is 5.79 Å². The number of hydrogen-bond donors (Lipinski definition) is 1. The van der Waals surface area contributed by atoms with E-state index in [2.05, 4.69) is 0 Å². The Morgan fingerprint density at radius 1 is 1.38 bits per heavy atom. The lowest BCUT2D eigenvalue weighted by molar-refractivity contribution is -0.162. The Balaban J connectivity index is 2.36. The summed E-state index contributed by atoms with van der Waals surface area (Å²) in [6, 6.07) is 6.86. The Labute approximate surface area is 124 Å². The topological polar surface area (TPSA) is 82.1 Å². The smallest absolute Gasteiger partial charge is 0.209 e. The molecule has 1 fully saturated rings. The molecule has 0 aliphatic carbocycles. The van der Waals surface area contributed by atoms with Gasteiger partial charge < -0.3 is 19.3 Å². The van der Waals surface area contributed by atoms with E-state index in [4.69, 9.17) is 14.2 Å². The largest absolute Gasteiger partial charge is 0.497 e. The van der Waals surface area contributed by atoms with Crippen LogP contribution in [0.1, 0.15) is 12.5 Å². The summed E-state index contributed by atoms with van der Waals surface area (Å²) in [6.07, 6.45) is -0.529. The van der Waals surface area contributed by atoms with Crippen LogP contribution in [0.15, 0.2) is 24.3 Å². The maximum atomic E-state index is 12.0. The van der Waals surface area contributed by atoms with Gasteiger partial charge >= 0.3 is 0 Å². The molecule has 1 aliphatic heterocycles. The zero-order chi connectivity index (χ0) is 15.5. The van der Waals surface area contributed by atoms with E-state index in [1.54, 1.807) is 38.3 Å². The van der Waals surface area contributed by atoms with E-state index in [-0.39, 0.29) is 24.7 Å². The summed E-state index contributed by atoms with van der Waals surface area (Å²) >= 11 is 0. The van der Waals surface area contributed by atoms with Crippen LogP contribution in [0.25, 0.3) is 0 Å². The van der Waals surface area contributed by atoms with Gasteiger partial charge in [-0.05, 0) is 24.3 Å². The average Bonchev–Trinajstić information content (AvgIpc) is 2.91. The van der Waals surface area contributed by atoms with Crippen LogP contribution in [0.5, 0.6) is 5.75 Å². The van der Waals surface area contributed by atoms with Crippen LogP contribution < -0.4 is 4.74 Å². The molecule has 2 atom stereocenters. The van der Waals surface area contributed by atoms with Crippen LogP contribution in [0.2, 0.25) is 0 Å². The van der Waals surface area contributed by atoms with Gasteiger partial charge in [-0.15, -0.1) is 0 Å². The van der Waals surface area contributed by atoms with Gasteiger partial charge in [0.1, 0.15) is 17.6 Å². The van der Waals surface area contributed by atoms with Crippen LogP contribution in [0.3, 0.4) is 0 Å². The number of aliphatic hydroxyl groups excluding tert-OH is 1. The SMILES string of the molecule is CCS(=O)(=O)C[C@@]1(c2ccc(OC)cc2)OC[C@H](CO)O1. The molecule has 6 nitrogen and oxygen atoms in total. The molecule has 118 valence electrons. The highest BCUT2D eigenvalue weighted by Gasteiger charge is 2.46. The fourth-order valence-electron chi connectivity index (χ4n) is 2.20. The molecule has 1 aromatic rings. The summed E-state index contributed by atoms with van der Waals surface area (Å²) in [5, 5.41) is 9.21. The third kappa shape index (κ3) is 3.55. The van der Waals surface area contributed by atoms with Gasteiger partial charge in [0.05, 0.1) is 20.3 Å².